The molecular weight excluding hydrogens is 406 g/mol. The Bertz CT molecular complexity index is 1000. The minimum Gasteiger partial charge on any atom is -0.330 e. The lowest BCUT2D eigenvalue weighted by Gasteiger charge is -2.27. The summed E-state index contributed by atoms with van der Waals surface area (Å²) in [7, 11) is 0. The molecule has 3 atom stereocenters. The monoisotopic (exact) mass is 437 g/mol. The molecule has 3 aliphatic rings. The molecule has 5 rings (SSSR count). The van der Waals surface area contributed by atoms with Gasteiger partial charge in [0.25, 0.3) is 0 Å². The summed E-state index contributed by atoms with van der Waals surface area (Å²) in [6.07, 6.45) is 2.65. The van der Waals surface area contributed by atoms with Gasteiger partial charge in [-0.25, -0.2) is 9.59 Å². The Morgan fingerprint density at radius 1 is 1.12 bits per heavy atom. The minimum absolute atomic E-state index is 0.227. The first-order valence-corrected chi connectivity index (χ1v) is 11.5. The molecule has 0 radical (unpaired) electrons. The van der Waals surface area contributed by atoms with Crippen LogP contribution in [0.3, 0.4) is 0 Å². The van der Waals surface area contributed by atoms with E-state index in [0.717, 1.165) is 56.0 Å². The summed E-state index contributed by atoms with van der Waals surface area (Å²) in [5, 5.41) is 5.92. The van der Waals surface area contributed by atoms with Gasteiger partial charge in [-0.1, -0.05) is 12.1 Å². The SMILES string of the molecule is NC[C@@H]1[C@H]2CN(CCc3ccc(-n4ccc(NC(=O)N5CCNCC5)nc4=O)cc3)C[C@@H]12. The highest BCUT2D eigenvalue weighted by molar-refractivity contribution is 5.88. The Hall–Kier alpha value is -2.75. The maximum absolute atomic E-state index is 12.5. The molecule has 2 saturated heterocycles. The number of hydrogen-bond donors (Lipinski definition) is 3. The third kappa shape index (κ3) is 4.41. The molecule has 1 aromatic carbocycles. The van der Waals surface area contributed by atoms with Gasteiger partial charge in [0.05, 0.1) is 5.69 Å². The van der Waals surface area contributed by atoms with E-state index < -0.39 is 5.69 Å². The maximum atomic E-state index is 12.5. The molecule has 2 aromatic rings. The molecule has 1 aliphatic carbocycles. The van der Waals surface area contributed by atoms with Crippen LogP contribution in [0.4, 0.5) is 10.6 Å². The number of carbonyl (C=O) groups is 1. The van der Waals surface area contributed by atoms with E-state index in [-0.39, 0.29) is 11.8 Å². The van der Waals surface area contributed by atoms with Crippen molar-refractivity contribution in [2.45, 2.75) is 6.42 Å². The van der Waals surface area contributed by atoms with Crippen LogP contribution in [0.2, 0.25) is 0 Å². The lowest BCUT2D eigenvalue weighted by atomic mass is 10.1. The minimum atomic E-state index is -0.415. The van der Waals surface area contributed by atoms with E-state index in [1.54, 1.807) is 17.2 Å². The third-order valence-electron chi connectivity index (χ3n) is 7.09. The van der Waals surface area contributed by atoms with Crippen LogP contribution in [0.1, 0.15) is 5.56 Å². The zero-order chi connectivity index (χ0) is 22.1. The number of anilines is 1. The zero-order valence-corrected chi connectivity index (χ0v) is 18.2. The average molecular weight is 438 g/mol. The number of likely N-dealkylation sites (tertiary alicyclic amines) is 1. The molecule has 4 N–H and O–H groups in total. The van der Waals surface area contributed by atoms with Crippen LogP contribution < -0.4 is 22.1 Å². The van der Waals surface area contributed by atoms with Gasteiger partial charge in [0.15, 0.2) is 0 Å². The van der Waals surface area contributed by atoms with Gasteiger partial charge in [0.1, 0.15) is 5.82 Å². The van der Waals surface area contributed by atoms with Gasteiger partial charge in [-0.15, -0.1) is 0 Å². The Morgan fingerprint density at radius 3 is 2.50 bits per heavy atom. The van der Waals surface area contributed by atoms with E-state index in [1.807, 2.05) is 12.1 Å². The van der Waals surface area contributed by atoms with Gasteiger partial charge in [0.2, 0.25) is 0 Å². The van der Waals surface area contributed by atoms with E-state index >= 15 is 0 Å². The third-order valence-corrected chi connectivity index (χ3v) is 7.09. The molecule has 3 fully saturated rings. The first kappa shape index (κ1) is 21.1. The highest BCUT2D eigenvalue weighted by Gasteiger charge is 2.54. The molecule has 0 spiro atoms. The van der Waals surface area contributed by atoms with Gasteiger partial charge < -0.3 is 20.9 Å². The van der Waals surface area contributed by atoms with Crippen molar-refractivity contribution in [2.24, 2.45) is 23.5 Å². The number of aromatic nitrogens is 2. The first-order chi connectivity index (χ1) is 15.6. The molecule has 9 nitrogen and oxygen atoms in total. The number of rotatable bonds is 6. The zero-order valence-electron chi connectivity index (χ0n) is 18.2. The lowest BCUT2D eigenvalue weighted by molar-refractivity contribution is 0.204. The number of benzene rings is 1. The maximum Gasteiger partial charge on any atom is 0.354 e. The number of amides is 2. The van der Waals surface area contributed by atoms with Crippen molar-refractivity contribution in [2.75, 3.05) is 57.7 Å². The van der Waals surface area contributed by atoms with Crippen LogP contribution in [0.25, 0.3) is 5.69 Å². The highest BCUT2D eigenvalue weighted by Crippen LogP contribution is 2.50. The number of nitrogens with one attached hydrogen (secondary N) is 2. The highest BCUT2D eigenvalue weighted by atomic mass is 16.2. The van der Waals surface area contributed by atoms with E-state index in [0.29, 0.717) is 13.1 Å². The Balaban J connectivity index is 1.16. The molecule has 2 amide bonds. The summed E-state index contributed by atoms with van der Waals surface area (Å²) < 4.78 is 1.49. The quantitative estimate of drug-likeness (QED) is 0.602. The van der Waals surface area contributed by atoms with Crippen molar-refractivity contribution in [3.8, 4) is 5.69 Å². The summed E-state index contributed by atoms with van der Waals surface area (Å²) in [4.78, 5) is 33.1. The van der Waals surface area contributed by atoms with Crippen LogP contribution in [0.5, 0.6) is 0 Å². The Labute approximate surface area is 187 Å². The second-order valence-corrected chi connectivity index (χ2v) is 9.04. The Morgan fingerprint density at radius 2 is 1.84 bits per heavy atom. The van der Waals surface area contributed by atoms with Crippen LogP contribution in [0, 0.1) is 17.8 Å². The number of carbonyl (C=O) groups excluding carboxylic acids is 1. The molecule has 2 aliphatic heterocycles. The molecular formula is C23H31N7O2. The van der Waals surface area contributed by atoms with Crippen molar-refractivity contribution < 1.29 is 4.79 Å². The lowest BCUT2D eigenvalue weighted by Crippen LogP contribution is -2.48. The summed E-state index contributed by atoms with van der Waals surface area (Å²) in [6.45, 7) is 7.09. The predicted molar refractivity (Wildman–Crippen MR) is 123 cm³/mol. The van der Waals surface area contributed by atoms with Crippen LogP contribution in [0.15, 0.2) is 41.3 Å². The van der Waals surface area contributed by atoms with Gasteiger partial charge in [-0.2, -0.15) is 4.98 Å². The van der Waals surface area contributed by atoms with Gasteiger partial charge >= 0.3 is 11.7 Å². The molecule has 170 valence electrons. The smallest absolute Gasteiger partial charge is 0.330 e. The number of piperazine rings is 1. The second kappa shape index (κ2) is 9.01. The number of nitrogens with zero attached hydrogens (tertiary/aromatic N) is 4. The number of hydrogen-bond acceptors (Lipinski definition) is 6. The average Bonchev–Trinajstić information content (AvgIpc) is 3.30. The molecule has 0 unspecified atom stereocenters. The molecule has 32 heavy (non-hydrogen) atoms. The number of piperidine rings is 1. The van der Waals surface area contributed by atoms with E-state index in [2.05, 4.69) is 32.7 Å². The fourth-order valence-electron chi connectivity index (χ4n) is 5.11. The predicted octanol–water partition coefficient (Wildman–Crippen LogP) is 0.349. The van der Waals surface area contributed by atoms with Crippen molar-refractivity contribution in [3.63, 3.8) is 0 Å². The van der Waals surface area contributed by atoms with Gasteiger partial charge in [-0.05, 0) is 54.5 Å². The van der Waals surface area contributed by atoms with Gasteiger partial charge in [-0.3, -0.25) is 9.88 Å². The fourth-order valence-corrected chi connectivity index (χ4v) is 5.11. The molecule has 1 saturated carbocycles. The molecule has 1 aromatic heterocycles. The molecule has 3 heterocycles. The van der Waals surface area contributed by atoms with Crippen molar-refractivity contribution in [1.82, 2.24) is 24.7 Å². The summed E-state index contributed by atoms with van der Waals surface area (Å²) in [6, 6.07) is 9.47. The first-order valence-electron chi connectivity index (χ1n) is 11.5. The normalized spacial score (nSPS) is 24.9. The topological polar surface area (TPSA) is 109 Å². The van der Waals surface area contributed by atoms with Crippen molar-refractivity contribution in [3.05, 3.63) is 52.6 Å². The van der Waals surface area contributed by atoms with E-state index in [9.17, 15) is 9.59 Å². The summed E-state index contributed by atoms with van der Waals surface area (Å²) in [5.41, 5.74) is 7.40. The van der Waals surface area contributed by atoms with Gasteiger partial charge in [0, 0.05) is 52.0 Å². The van der Waals surface area contributed by atoms with E-state index in [4.69, 9.17) is 5.73 Å². The van der Waals surface area contributed by atoms with Crippen molar-refractivity contribution in [1.29, 1.82) is 0 Å². The van der Waals surface area contributed by atoms with Crippen LogP contribution >= 0.6 is 0 Å². The standard InChI is InChI=1S/C23H31N7O2/c24-13-18-19-14-28(15-20(18)19)9-5-16-1-3-17(4-2-16)30-10-6-21(27-23(30)32)26-22(31)29-11-7-25-8-12-29/h1-4,6,10,18-20,25H,5,7-9,11-15,24H2,(H,26,27,31,32)/t18-,19-,20+. The number of nitrogens with two attached hydrogens (primary N) is 1. The van der Waals surface area contributed by atoms with Crippen LogP contribution in [-0.2, 0) is 6.42 Å². The molecule has 0 bridgehead atoms. The fraction of sp³-hybridized carbons (Fsp3) is 0.522. The van der Waals surface area contributed by atoms with Crippen LogP contribution in [-0.4, -0.2) is 77.7 Å². The summed E-state index contributed by atoms with van der Waals surface area (Å²) >= 11 is 0. The number of urea groups is 1. The largest absolute Gasteiger partial charge is 0.354 e. The second-order valence-electron chi connectivity index (χ2n) is 9.04. The summed E-state index contributed by atoms with van der Waals surface area (Å²) in [5.74, 6) is 2.68. The Kier molecular flexibility index (Phi) is 5.95. The number of fused-ring (bicyclic) bond motifs is 1. The molecule has 9 heteroatoms. The van der Waals surface area contributed by atoms with Crippen molar-refractivity contribution >= 4 is 11.8 Å². The van der Waals surface area contributed by atoms with E-state index in [1.165, 1.54) is 23.2 Å².